The van der Waals surface area contributed by atoms with Gasteiger partial charge in [0.05, 0.1) is 34.2 Å². The Morgan fingerprint density at radius 1 is 1.27 bits per heavy atom. The van der Waals surface area contributed by atoms with Gasteiger partial charge in [-0.3, -0.25) is 14.5 Å². The summed E-state index contributed by atoms with van der Waals surface area (Å²) in [5.41, 5.74) is 1.80. The number of pyridine rings is 1. The Hall–Kier alpha value is -3.08. The number of hydrogen-bond donors (Lipinski definition) is 1. The number of carbonyl (C=O) groups excluding carboxylic acids is 1. The molecule has 1 aliphatic carbocycles. The second-order valence-corrected chi connectivity index (χ2v) is 11.0. The van der Waals surface area contributed by atoms with Crippen molar-refractivity contribution in [3.8, 4) is 17.0 Å². The Morgan fingerprint density at radius 2 is 2.03 bits per heavy atom. The van der Waals surface area contributed by atoms with E-state index < -0.39 is 27.9 Å². The van der Waals surface area contributed by atoms with Gasteiger partial charge in [0.2, 0.25) is 0 Å². The van der Waals surface area contributed by atoms with E-state index in [1.54, 1.807) is 25.1 Å². The van der Waals surface area contributed by atoms with E-state index in [0.29, 0.717) is 27.9 Å². The van der Waals surface area contributed by atoms with Crippen LogP contribution in [0, 0.1) is 0 Å². The van der Waals surface area contributed by atoms with Gasteiger partial charge in [0.15, 0.2) is 9.84 Å². The highest BCUT2D eigenvalue weighted by Crippen LogP contribution is 2.37. The zero-order chi connectivity index (χ0) is 23.4. The molecule has 1 N–H and O–H groups in total. The molecule has 1 saturated carbocycles. The summed E-state index contributed by atoms with van der Waals surface area (Å²) in [7, 11) is -3.11. The number of benzene rings is 1. The summed E-state index contributed by atoms with van der Waals surface area (Å²) in [4.78, 5) is 17.3. The van der Waals surface area contributed by atoms with Crippen molar-refractivity contribution in [3.05, 3.63) is 42.1 Å². The maximum absolute atomic E-state index is 12.8. The zero-order valence-corrected chi connectivity index (χ0v) is 18.6. The van der Waals surface area contributed by atoms with Gasteiger partial charge >= 0.3 is 6.61 Å². The number of carbonyl (C=O) groups is 1. The molecule has 1 saturated heterocycles. The van der Waals surface area contributed by atoms with Gasteiger partial charge in [0.25, 0.3) is 5.91 Å². The number of sulfone groups is 1. The maximum atomic E-state index is 12.8. The summed E-state index contributed by atoms with van der Waals surface area (Å²) >= 11 is 0. The van der Waals surface area contributed by atoms with Gasteiger partial charge < -0.3 is 10.1 Å². The number of nitrogens with one attached hydrogen (secondary N) is 1. The molecule has 2 fully saturated rings. The normalized spacial score (nSPS) is 19.2. The molecule has 3 aromatic rings. The Balaban J connectivity index is 1.52. The molecule has 1 amide bonds. The third kappa shape index (κ3) is 4.17. The van der Waals surface area contributed by atoms with Crippen molar-refractivity contribution in [2.24, 2.45) is 0 Å². The van der Waals surface area contributed by atoms with E-state index in [0.717, 1.165) is 19.3 Å². The maximum Gasteiger partial charge on any atom is 0.387 e. The molecule has 11 heteroatoms. The predicted octanol–water partition coefficient (Wildman–Crippen LogP) is 3.34. The van der Waals surface area contributed by atoms with Crippen LogP contribution >= 0.6 is 0 Å². The predicted molar refractivity (Wildman–Crippen MR) is 117 cm³/mol. The van der Waals surface area contributed by atoms with Crippen LogP contribution in [0.25, 0.3) is 22.3 Å². The molecule has 8 nitrogen and oxygen atoms in total. The molecule has 1 aromatic carbocycles. The molecule has 0 unspecified atom stereocenters. The van der Waals surface area contributed by atoms with Crippen LogP contribution in [0.4, 0.5) is 8.78 Å². The number of hydrogen-bond acceptors (Lipinski definition) is 6. The molecule has 0 spiro atoms. The van der Waals surface area contributed by atoms with Gasteiger partial charge in [0.1, 0.15) is 17.0 Å². The van der Waals surface area contributed by atoms with Crippen LogP contribution in [0.1, 0.15) is 42.6 Å². The van der Waals surface area contributed by atoms with E-state index in [9.17, 15) is 22.0 Å². The minimum absolute atomic E-state index is 0.0218. The van der Waals surface area contributed by atoms with Gasteiger partial charge in [-0.1, -0.05) is 12.1 Å². The number of fused-ring (bicyclic) bond motifs is 1. The highest BCUT2D eigenvalue weighted by Gasteiger charge is 2.45. The average Bonchev–Trinajstić information content (AvgIpc) is 3.03. The smallest absolute Gasteiger partial charge is 0.387 e. The largest absolute Gasteiger partial charge is 0.435 e. The zero-order valence-electron chi connectivity index (χ0n) is 17.8. The van der Waals surface area contributed by atoms with E-state index in [-0.39, 0.29) is 23.3 Å². The topological polar surface area (TPSA) is 103 Å². The molecular weight excluding hydrogens is 454 g/mol. The quantitative estimate of drug-likeness (QED) is 0.585. The highest BCUT2D eigenvalue weighted by atomic mass is 32.2. The lowest BCUT2D eigenvalue weighted by molar-refractivity contribution is -0.0498. The van der Waals surface area contributed by atoms with Crippen molar-refractivity contribution in [1.82, 2.24) is 20.1 Å². The van der Waals surface area contributed by atoms with Gasteiger partial charge in [-0.05, 0) is 44.4 Å². The van der Waals surface area contributed by atoms with E-state index in [1.807, 2.05) is 4.68 Å². The summed E-state index contributed by atoms with van der Waals surface area (Å²) in [6.07, 6.45) is 4.37. The molecule has 0 radical (unpaired) electrons. The first-order valence-electron chi connectivity index (χ1n) is 10.6. The molecule has 174 valence electrons. The molecule has 3 heterocycles. The van der Waals surface area contributed by atoms with Crippen LogP contribution in [0.15, 0.2) is 36.5 Å². The molecule has 2 aliphatic rings. The molecular formula is C22H22F2N4O4S. The fourth-order valence-electron chi connectivity index (χ4n) is 4.41. The molecule has 1 aliphatic heterocycles. The Bertz CT molecular complexity index is 1340. The van der Waals surface area contributed by atoms with Crippen LogP contribution in [0.3, 0.4) is 0 Å². The van der Waals surface area contributed by atoms with Crippen LogP contribution in [0.2, 0.25) is 0 Å². The fraction of sp³-hybridized carbons (Fsp3) is 0.409. The van der Waals surface area contributed by atoms with Gasteiger partial charge in [-0.2, -0.15) is 13.9 Å². The second kappa shape index (κ2) is 7.75. The second-order valence-electron chi connectivity index (χ2n) is 8.92. The SMILES string of the molecule is CC1(NC(=O)c2cnc3c(-c4cccc(OC(F)F)c4)nn(C4CCC4)c3c2)CS(=O)(=O)C1. The van der Waals surface area contributed by atoms with E-state index in [2.05, 4.69) is 15.0 Å². The lowest BCUT2D eigenvalue weighted by Gasteiger charge is -2.38. The van der Waals surface area contributed by atoms with Crippen molar-refractivity contribution in [3.63, 3.8) is 0 Å². The van der Waals surface area contributed by atoms with Crippen molar-refractivity contribution < 1.29 is 26.7 Å². The Morgan fingerprint density at radius 3 is 2.67 bits per heavy atom. The van der Waals surface area contributed by atoms with Crippen molar-refractivity contribution in [2.75, 3.05) is 11.5 Å². The standard InChI is InChI=1S/C22H22F2N4O4S/c1-22(11-33(30,31)12-22)26-20(29)14-9-17-19(25-10-14)18(27-28(17)15-5-3-6-15)13-4-2-7-16(8-13)32-21(23)24/h2,4,7-10,15,21H,3,5-6,11-12H2,1H3,(H,26,29). The molecule has 33 heavy (non-hydrogen) atoms. The van der Waals surface area contributed by atoms with Crippen molar-refractivity contribution in [2.45, 2.75) is 44.4 Å². The van der Waals surface area contributed by atoms with E-state index >= 15 is 0 Å². The summed E-state index contributed by atoms with van der Waals surface area (Å²) in [6, 6.07) is 8.14. The number of ether oxygens (including phenoxy) is 1. The molecule has 0 atom stereocenters. The highest BCUT2D eigenvalue weighted by molar-refractivity contribution is 7.93. The number of amides is 1. The summed E-state index contributed by atoms with van der Waals surface area (Å²) < 4.78 is 54.8. The van der Waals surface area contributed by atoms with Crippen LogP contribution in [-0.4, -0.2) is 52.7 Å². The van der Waals surface area contributed by atoms with Crippen LogP contribution in [-0.2, 0) is 9.84 Å². The first kappa shape index (κ1) is 21.7. The summed E-state index contributed by atoms with van der Waals surface area (Å²) in [5.74, 6) is -0.573. The average molecular weight is 477 g/mol. The Kier molecular flexibility index (Phi) is 5.11. The third-order valence-electron chi connectivity index (χ3n) is 6.05. The van der Waals surface area contributed by atoms with Crippen LogP contribution in [0.5, 0.6) is 5.75 Å². The van der Waals surface area contributed by atoms with Crippen molar-refractivity contribution in [1.29, 1.82) is 0 Å². The first-order chi connectivity index (χ1) is 15.6. The fourth-order valence-corrected chi connectivity index (χ4v) is 6.42. The molecule has 0 bridgehead atoms. The Labute approximate surface area is 188 Å². The number of halogens is 2. The van der Waals surface area contributed by atoms with Gasteiger partial charge in [-0.25, -0.2) is 8.42 Å². The number of rotatable bonds is 6. The minimum atomic E-state index is -3.11. The third-order valence-corrected chi connectivity index (χ3v) is 8.21. The van der Waals surface area contributed by atoms with E-state index in [1.165, 1.54) is 18.3 Å². The molecule has 2 aromatic heterocycles. The molecule has 5 rings (SSSR count). The number of nitrogens with zero attached hydrogens (tertiary/aromatic N) is 3. The van der Waals surface area contributed by atoms with Crippen molar-refractivity contribution >= 4 is 26.8 Å². The summed E-state index contributed by atoms with van der Waals surface area (Å²) in [6.45, 7) is -1.24. The lowest BCUT2D eigenvalue weighted by atomic mass is 9.93. The van der Waals surface area contributed by atoms with Gasteiger partial charge in [-0.15, -0.1) is 0 Å². The number of alkyl halides is 2. The number of aromatic nitrogens is 3. The van der Waals surface area contributed by atoms with Gasteiger partial charge in [0, 0.05) is 11.8 Å². The van der Waals surface area contributed by atoms with Crippen LogP contribution < -0.4 is 10.1 Å². The minimum Gasteiger partial charge on any atom is -0.435 e. The van der Waals surface area contributed by atoms with E-state index in [4.69, 9.17) is 5.10 Å². The lowest BCUT2D eigenvalue weighted by Crippen LogP contribution is -2.63. The monoisotopic (exact) mass is 476 g/mol. The first-order valence-corrected chi connectivity index (χ1v) is 12.4. The summed E-state index contributed by atoms with van der Waals surface area (Å²) in [5, 5.41) is 7.52.